The first-order chi connectivity index (χ1) is 6.33. The fourth-order valence-electron chi connectivity index (χ4n) is 1.93. The zero-order chi connectivity index (χ0) is 9.57. The maximum Gasteiger partial charge on any atom is 0.0804 e. The third-order valence-electron chi connectivity index (χ3n) is 2.85. The van der Waals surface area contributed by atoms with Crippen LogP contribution in [0.1, 0.15) is 38.5 Å². The van der Waals surface area contributed by atoms with Gasteiger partial charge in [0, 0.05) is 19.8 Å². The molecule has 1 fully saturated rings. The summed E-state index contributed by atoms with van der Waals surface area (Å²) >= 11 is 0. The fourth-order valence-corrected chi connectivity index (χ4v) is 1.93. The van der Waals surface area contributed by atoms with Crippen molar-refractivity contribution < 1.29 is 9.84 Å². The second kappa shape index (κ2) is 5.58. The van der Waals surface area contributed by atoms with Crippen LogP contribution >= 0.6 is 0 Å². The van der Waals surface area contributed by atoms with Gasteiger partial charge in [-0.05, 0) is 25.7 Å². The molecule has 0 atom stereocenters. The van der Waals surface area contributed by atoms with Crippen molar-refractivity contribution in [2.75, 3.05) is 19.8 Å². The van der Waals surface area contributed by atoms with Crippen molar-refractivity contribution in [1.82, 2.24) is 0 Å². The lowest BCUT2D eigenvalue weighted by Gasteiger charge is -2.27. The van der Waals surface area contributed by atoms with Crippen molar-refractivity contribution in [2.24, 2.45) is 5.73 Å². The van der Waals surface area contributed by atoms with Crippen LogP contribution in [-0.4, -0.2) is 30.5 Å². The summed E-state index contributed by atoms with van der Waals surface area (Å²) in [7, 11) is 0. The molecule has 0 unspecified atom stereocenters. The molecular weight excluding hydrogens is 166 g/mol. The van der Waals surface area contributed by atoms with Crippen LogP contribution in [0.3, 0.4) is 0 Å². The molecule has 0 aliphatic heterocycles. The molecule has 3 heteroatoms. The van der Waals surface area contributed by atoms with E-state index in [0.29, 0.717) is 6.54 Å². The van der Waals surface area contributed by atoms with Crippen molar-refractivity contribution in [3.8, 4) is 0 Å². The van der Waals surface area contributed by atoms with Gasteiger partial charge in [0.15, 0.2) is 0 Å². The third-order valence-corrected chi connectivity index (χ3v) is 2.85. The number of rotatable bonds is 6. The van der Waals surface area contributed by atoms with E-state index in [2.05, 4.69) is 0 Å². The average molecular weight is 187 g/mol. The van der Waals surface area contributed by atoms with Crippen LogP contribution in [-0.2, 0) is 4.74 Å². The van der Waals surface area contributed by atoms with Crippen LogP contribution < -0.4 is 5.73 Å². The molecule has 1 saturated carbocycles. The Hall–Kier alpha value is -0.120. The van der Waals surface area contributed by atoms with Gasteiger partial charge in [-0.3, -0.25) is 0 Å². The molecule has 1 rings (SSSR count). The first-order valence-corrected chi connectivity index (χ1v) is 5.28. The molecule has 78 valence electrons. The van der Waals surface area contributed by atoms with Gasteiger partial charge in [-0.15, -0.1) is 0 Å². The molecule has 0 saturated heterocycles. The highest BCUT2D eigenvalue weighted by molar-refractivity contribution is 4.87. The van der Waals surface area contributed by atoms with Gasteiger partial charge in [0.25, 0.3) is 0 Å². The number of aliphatic hydroxyl groups excluding tert-OH is 1. The highest BCUT2D eigenvalue weighted by Gasteiger charge is 2.32. The lowest BCUT2D eigenvalue weighted by molar-refractivity contribution is -0.0358. The van der Waals surface area contributed by atoms with Crippen molar-refractivity contribution >= 4 is 0 Å². The van der Waals surface area contributed by atoms with E-state index in [1.54, 1.807) is 0 Å². The van der Waals surface area contributed by atoms with Crippen molar-refractivity contribution in [3.05, 3.63) is 0 Å². The Kier molecular flexibility index (Phi) is 4.70. The molecule has 0 amide bonds. The summed E-state index contributed by atoms with van der Waals surface area (Å²) in [5, 5.41) is 8.60. The number of aliphatic hydroxyl groups is 1. The molecule has 0 radical (unpaired) electrons. The highest BCUT2D eigenvalue weighted by Crippen LogP contribution is 2.32. The second-order valence-electron chi connectivity index (χ2n) is 3.87. The van der Waals surface area contributed by atoms with Crippen LogP contribution in [0.2, 0.25) is 0 Å². The van der Waals surface area contributed by atoms with Gasteiger partial charge in [-0.25, -0.2) is 0 Å². The average Bonchev–Trinajstić information content (AvgIpc) is 2.62. The van der Waals surface area contributed by atoms with Gasteiger partial charge in [0.2, 0.25) is 0 Å². The number of hydrogen-bond donors (Lipinski definition) is 2. The van der Waals surface area contributed by atoms with Crippen molar-refractivity contribution in [1.29, 1.82) is 0 Å². The van der Waals surface area contributed by atoms with E-state index in [1.807, 2.05) is 0 Å². The van der Waals surface area contributed by atoms with Crippen LogP contribution in [0.5, 0.6) is 0 Å². The Morgan fingerprint density at radius 3 is 2.46 bits per heavy atom. The Balaban J connectivity index is 2.16. The molecule has 0 spiro atoms. The van der Waals surface area contributed by atoms with Crippen LogP contribution in [0.25, 0.3) is 0 Å². The minimum atomic E-state index is -0.0184. The van der Waals surface area contributed by atoms with E-state index in [0.717, 1.165) is 32.3 Å². The summed E-state index contributed by atoms with van der Waals surface area (Å²) in [6, 6.07) is 0. The summed E-state index contributed by atoms with van der Waals surface area (Å²) in [4.78, 5) is 0. The van der Waals surface area contributed by atoms with Crippen LogP contribution in [0.4, 0.5) is 0 Å². The maximum atomic E-state index is 8.60. The number of ether oxygens (including phenoxy) is 1. The van der Waals surface area contributed by atoms with Crippen LogP contribution in [0.15, 0.2) is 0 Å². The molecule has 3 nitrogen and oxygen atoms in total. The van der Waals surface area contributed by atoms with E-state index in [-0.39, 0.29) is 12.2 Å². The minimum Gasteiger partial charge on any atom is -0.396 e. The van der Waals surface area contributed by atoms with Gasteiger partial charge in [0.05, 0.1) is 5.60 Å². The molecule has 13 heavy (non-hydrogen) atoms. The van der Waals surface area contributed by atoms with Gasteiger partial charge >= 0.3 is 0 Å². The quantitative estimate of drug-likeness (QED) is 0.611. The number of unbranched alkanes of at least 4 members (excludes halogenated alkanes) is 1. The first-order valence-electron chi connectivity index (χ1n) is 5.28. The lowest BCUT2D eigenvalue weighted by Crippen LogP contribution is -2.38. The third kappa shape index (κ3) is 3.25. The zero-order valence-corrected chi connectivity index (χ0v) is 8.30. The largest absolute Gasteiger partial charge is 0.396 e. The summed E-state index contributed by atoms with van der Waals surface area (Å²) in [5.41, 5.74) is 5.69. The first kappa shape index (κ1) is 11.0. The molecule has 0 bridgehead atoms. The van der Waals surface area contributed by atoms with Gasteiger partial charge in [-0.1, -0.05) is 12.8 Å². The molecule has 0 aromatic rings. The van der Waals surface area contributed by atoms with E-state index in [1.165, 1.54) is 12.8 Å². The normalized spacial score (nSPS) is 20.8. The molecule has 0 aromatic heterocycles. The topological polar surface area (TPSA) is 55.5 Å². The maximum absolute atomic E-state index is 8.60. The fraction of sp³-hybridized carbons (Fsp3) is 1.00. The highest BCUT2D eigenvalue weighted by atomic mass is 16.5. The lowest BCUT2D eigenvalue weighted by atomic mass is 10.0. The Bertz CT molecular complexity index is 133. The number of hydrogen-bond acceptors (Lipinski definition) is 3. The standard InChI is InChI=1S/C10H21NO2/c11-9-10(5-1-2-6-10)13-8-4-3-7-12/h12H,1-9,11H2. The Labute approximate surface area is 80.3 Å². The van der Waals surface area contributed by atoms with Crippen molar-refractivity contribution in [2.45, 2.75) is 44.1 Å². The van der Waals surface area contributed by atoms with E-state index in [4.69, 9.17) is 15.6 Å². The monoisotopic (exact) mass is 187 g/mol. The van der Waals surface area contributed by atoms with Gasteiger partial charge < -0.3 is 15.6 Å². The van der Waals surface area contributed by atoms with Gasteiger partial charge in [-0.2, -0.15) is 0 Å². The Morgan fingerprint density at radius 1 is 1.23 bits per heavy atom. The minimum absolute atomic E-state index is 0.0184. The molecule has 3 N–H and O–H groups in total. The van der Waals surface area contributed by atoms with E-state index >= 15 is 0 Å². The van der Waals surface area contributed by atoms with Crippen molar-refractivity contribution in [3.63, 3.8) is 0 Å². The molecule has 0 aromatic carbocycles. The summed E-state index contributed by atoms with van der Waals surface area (Å²) in [6.45, 7) is 1.66. The number of nitrogens with two attached hydrogens (primary N) is 1. The molecule has 1 aliphatic rings. The zero-order valence-electron chi connectivity index (χ0n) is 8.30. The second-order valence-corrected chi connectivity index (χ2v) is 3.87. The molecule has 0 heterocycles. The van der Waals surface area contributed by atoms with Crippen LogP contribution in [0, 0.1) is 0 Å². The van der Waals surface area contributed by atoms with E-state index in [9.17, 15) is 0 Å². The molecule has 1 aliphatic carbocycles. The predicted molar refractivity (Wildman–Crippen MR) is 52.5 cm³/mol. The van der Waals surface area contributed by atoms with E-state index < -0.39 is 0 Å². The SMILES string of the molecule is NCC1(OCCCCO)CCCC1. The Morgan fingerprint density at radius 2 is 1.92 bits per heavy atom. The smallest absolute Gasteiger partial charge is 0.0804 e. The summed E-state index contributed by atoms with van der Waals surface area (Å²) in [5.74, 6) is 0. The molecular formula is C10H21NO2. The summed E-state index contributed by atoms with van der Waals surface area (Å²) < 4.78 is 5.81. The predicted octanol–water partition coefficient (Wildman–Crippen LogP) is 1.05. The summed E-state index contributed by atoms with van der Waals surface area (Å²) in [6.07, 6.45) is 6.50. The van der Waals surface area contributed by atoms with Gasteiger partial charge in [0.1, 0.15) is 0 Å².